The Kier molecular flexibility index (Phi) is 4.50. The first-order valence-corrected chi connectivity index (χ1v) is 6.22. The van der Waals surface area contributed by atoms with Gasteiger partial charge in [-0.3, -0.25) is 20.2 Å². The standard InChI is InChI=1S/C14H10N2O7/c1-22-12-5-3-2-4-10(12)14(17)23-13-7-6-9(15(18)19)8-11(13)16(20)21/h2-8H,1H3. The highest BCUT2D eigenvalue weighted by Crippen LogP contribution is 2.32. The molecule has 23 heavy (non-hydrogen) atoms. The molecule has 118 valence electrons. The minimum Gasteiger partial charge on any atom is -0.496 e. The number of hydrogen-bond acceptors (Lipinski definition) is 7. The summed E-state index contributed by atoms with van der Waals surface area (Å²) >= 11 is 0. The fraction of sp³-hybridized carbons (Fsp3) is 0.0714. The predicted octanol–water partition coefficient (Wildman–Crippen LogP) is 2.73. The number of carbonyl (C=O) groups excluding carboxylic acids is 1. The molecule has 2 rings (SSSR count). The minimum atomic E-state index is -0.876. The van der Waals surface area contributed by atoms with Gasteiger partial charge in [0.15, 0.2) is 0 Å². The lowest BCUT2D eigenvalue weighted by Crippen LogP contribution is -2.11. The van der Waals surface area contributed by atoms with Crippen molar-refractivity contribution in [1.29, 1.82) is 0 Å². The number of nitro groups is 2. The molecule has 0 saturated carbocycles. The molecule has 2 aromatic carbocycles. The van der Waals surface area contributed by atoms with Crippen LogP contribution in [0.25, 0.3) is 0 Å². The van der Waals surface area contributed by atoms with Crippen LogP contribution in [0.1, 0.15) is 10.4 Å². The van der Waals surface area contributed by atoms with Crippen LogP contribution >= 0.6 is 0 Å². The van der Waals surface area contributed by atoms with E-state index in [1.54, 1.807) is 12.1 Å². The van der Waals surface area contributed by atoms with E-state index < -0.39 is 32.9 Å². The van der Waals surface area contributed by atoms with Crippen molar-refractivity contribution in [2.75, 3.05) is 7.11 Å². The quantitative estimate of drug-likeness (QED) is 0.359. The molecule has 0 spiro atoms. The first-order valence-electron chi connectivity index (χ1n) is 6.22. The molecule has 0 fully saturated rings. The Morgan fingerprint density at radius 1 is 1.00 bits per heavy atom. The van der Waals surface area contributed by atoms with Gasteiger partial charge >= 0.3 is 11.7 Å². The number of non-ortho nitro benzene ring substituents is 1. The minimum absolute atomic E-state index is 0.0719. The average molecular weight is 318 g/mol. The molecule has 0 amide bonds. The lowest BCUT2D eigenvalue weighted by Gasteiger charge is -2.08. The highest BCUT2D eigenvalue weighted by Gasteiger charge is 2.24. The van der Waals surface area contributed by atoms with E-state index in [1.165, 1.54) is 19.2 Å². The van der Waals surface area contributed by atoms with E-state index in [0.717, 1.165) is 18.2 Å². The highest BCUT2D eigenvalue weighted by atomic mass is 16.6. The SMILES string of the molecule is COc1ccccc1C(=O)Oc1ccc([N+](=O)[O-])cc1[N+](=O)[O-]. The summed E-state index contributed by atoms with van der Waals surface area (Å²) in [5, 5.41) is 21.7. The lowest BCUT2D eigenvalue weighted by molar-refractivity contribution is -0.394. The summed E-state index contributed by atoms with van der Waals surface area (Å²) in [4.78, 5) is 32.2. The number of benzene rings is 2. The average Bonchev–Trinajstić information content (AvgIpc) is 2.54. The number of para-hydroxylation sites is 1. The number of rotatable bonds is 5. The fourth-order valence-electron chi connectivity index (χ4n) is 1.82. The van der Waals surface area contributed by atoms with E-state index in [9.17, 15) is 25.0 Å². The summed E-state index contributed by atoms with van der Waals surface area (Å²) in [5.41, 5.74) is -1.08. The normalized spacial score (nSPS) is 9.96. The molecule has 0 heterocycles. The maximum Gasteiger partial charge on any atom is 0.347 e. The van der Waals surface area contributed by atoms with Crippen molar-refractivity contribution in [2.45, 2.75) is 0 Å². The van der Waals surface area contributed by atoms with Crippen LogP contribution < -0.4 is 9.47 Å². The predicted molar refractivity (Wildman–Crippen MR) is 77.7 cm³/mol. The van der Waals surface area contributed by atoms with Gasteiger partial charge in [0.1, 0.15) is 11.3 Å². The molecule has 2 aromatic rings. The van der Waals surface area contributed by atoms with Crippen molar-refractivity contribution in [3.63, 3.8) is 0 Å². The number of ether oxygens (including phenoxy) is 2. The molecule has 9 heteroatoms. The smallest absolute Gasteiger partial charge is 0.347 e. The molecule has 0 radical (unpaired) electrons. The molecule has 0 aromatic heterocycles. The molecule has 0 bridgehead atoms. The molecule has 0 unspecified atom stereocenters. The summed E-state index contributed by atoms with van der Waals surface area (Å²) < 4.78 is 10.00. The van der Waals surface area contributed by atoms with Gasteiger partial charge in [-0.25, -0.2) is 4.79 Å². The topological polar surface area (TPSA) is 122 Å². The third kappa shape index (κ3) is 3.40. The monoisotopic (exact) mass is 318 g/mol. The zero-order valence-electron chi connectivity index (χ0n) is 11.8. The first kappa shape index (κ1) is 15.9. The first-order chi connectivity index (χ1) is 10.9. The maximum atomic E-state index is 12.1. The fourth-order valence-corrected chi connectivity index (χ4v) is 1.82. The van der Waals surface area contributed by atoms with Gasteiger partial charge in [0.25, 0.3) is 5.69 Å². The third-order valence-corrected chi connectivity index (χ3v) is 2.88. The highest BCUT2D eigenvalue weighted by molar-refractivity contribution is 5.94. The van der Waals surface area contributed by atoms with Gasteiger partial charge in [0.2, 0.25) is 5.75 Å². The molecular formula is C14H10N2O7. The summed E-state index contributed by atoms with van der Waals surface area (Å²) in [6.45, 7) is 0. The second kappa shape index (κ2) is 6.52. The Labute approximate surface area is 129 Å². The van der Waals surface area contributed by atoms with Crippen LogP contribution in [0.3, 0.4) is 0 Å². The number of esters is 1. The largest absolute Gasteiger partial charge is 0.496 e. The third-order valence-electron chi connectivity index (χ3n) is 2.88. The zero-order valence-corrected chi connectivity index (χ0v) is 11.8. The van der Waals surface area contributed by atoms with Crippen LogP contribution in [0, 0.1) is 20.2 Å². The van der Waals surface area contributed by atoms with Crippen molar-refractivity contribution in [2.24, 2.45) is 0 Å². The van der Waals surface area contributed by atoms with Crippen LogP contribution in [-0.4, -0.2) is 22.9 Å². The number of carbonyl (C=O) groups is 1. The molecule has 0 aliphatic heterocycles. The molecule has 0 saturated heterocycles. The van der Waals surface area contributed by atoms with Gasteiger partial charge in [0.05, 0.1) is 23.0 Å². The van der Waals surface area contributed by atoms with Crippen molar-refractivity contribution < 1.29 is 24.1 Å². The van der Waals surface area contributed by atoms with Crippen LogP contribution in [0.2, 0.25) is 0 Å². The van der Waals surface area contributed by atoms with Crippen LogP contribution in [-0.2, 0) is 0 Å². The lowest BCUT2D eigenvalue weighted by atomic mass is 10.2. The summed E-state index contributed by atoms with van der Waals surface area (Å²) in [6, 6.07) is 8.92. The van der Waals surface area contributed by atoms with Crippen LogP contribution in [0.4, 0.5) is 11.4 Å². The van der Waals surface area contributed by atoms with Crippen molar-refractivity contribution in [1.82, 2.24) is 0 Å². The van der Waals surface area contributed by atoms with Gasteiger partial charge in [-0.1, -0.05) is 12.1 Å². The van der Waals surface area contributed by atoms with E-state index in [2.05, 4.69) is 0 Å². The molecule has 0 aliphatic carbocycles. The van der Waals surface area contributed by atoms with Gasteiger partial charge in [-0.05, 0) is 18.2 Å². The Bertz CT molecular complexity index is 788. The molecule has 0 atom stereocenters. The molecule has 0 N–H and O–H groups in total. The summed E-state index contributed by atoms with van der Waals surface area (Å²) in [6.07, 6.45) is 0. The van der Waals surface area contributed by atoms with Gasteiger partial charge in [-0.2, -0.15) is 0 Å². The second-order valence-electron chi connectivity index (χ2n) is 4.26. The van der Waals surface area contributed by atoms with Crippen molar-refractivity contribution in [3.8, 4) is 11.5 Å². The van der Waals surface area contributed by atoms with Crippen LogP contribution in [0.5, 0.6) is 11.5 Å². The van der Waals surface area contributed by atoms with E-state index in [-0.39, 0.29) is 11.3 Å². The number of nitrogens with zero attached hydrogens (tertiary/aromatic N) is 2. The van der Waals surface area contributed by atoms with Crippen molar-refractivity contribution >= 4 is 17.3 Å². The Balaban J connectivity index is 2.37. The zero-order chi connectivity index (χ0) is 17.0. The number of hydrogen-bond donors (Lipinski definition) is 0. The summed E-state index contributed by atoms with van der Waals surface area (Å²) in [5.74, 6) is -1.03. The van der Waals surface area contributed by atoms with E-state index in [1.807, 2.05) is 0 Å². The van der Waals surface area contributed by atoms with E-state index >= 15 is 0 Å². The number of nitro benzene ring substituents is 2. The van der Waals surface area contributed by atoms with Crippen molar-refractivity contribution in [3.05, 3.63) is 68.3 Å². The van der Waals surface area contributed by atoms with E-state index in [4.69, 9.17) is 9.47 Å². The van der Waals surface area contributed by atoms with E-state index in [0.29, 0.717) is 0 Å². The summed E-state index contributed by atoms with van der Waals surface area (Å²) in [7, 11) is 1.36. The molecular weight excluding hydrogens is 308 g/mol. The molecule has 9 nitrogen and oxygen atoms in total. The maximum absolute atomic E-state index is 12.1. The molecule has 0 aliphatic rings. The Morgan fingerprint density at radius 3 is 2.30 bits per heavy atom. The Hall–Kier alpha value is -3.49. The van der Waals surface area contributed by atoms with Gasteiger partial charge in [-0.15, -0.1) is 0 Å². The second-order valence-corrected chi connectivity index (χ2v) is 4.26. The van der Waals surface area contributed by atoms with Crippen LogP contribution in [0.15, 0.2) is 42.5 Å². The Morgan fingerprint density at radius 2 is 1.70 bits per heavy atom. The van der Waals surface area contributed by atoms with Gasteiger partial charge < -0.3 is 9.47 Å². The van der Waals surface area contributed by atoms with Gasteiger partial charge in [0, 0.05) is 6.07 Å². The number of methoxy groups -OCH3 is 1.